The molecule has 0 fully saturated rings. The van der Waals surface area contributed by atoms with Gasteiger partial charge < -0.3 is 24.8 Å². The van der Waals surface area contributed by atoms with Crippen LogP contribution < -0.4 is 41.8 Å². The molecule has 0 atom stereocenters. The minimum atomic E-state index is -0.586. The summed E-state index contributed by atoms with van der Waals surface area (Å²) < 4.78 is 15.7. The molecule has 0 unspecified atom stereocenters. The van der Waals surface area contributed by atoms with Crippen LogP contribution in [-0.4, -0.2) is 39.5 Å². The Labute approximate surface area is 155 Å². The summed E-state index contributed by atoms with van der Waals surface area (Å²) in [5, 5.41) is 5.79. The van der Waals surface area contributed by atoms with Crippen LogP contribution in [0.5, 0.6) is 11.5 Å². The molecule has 0 aliphatic carbocycles. The molecule has 9 heteroatoms. The van der Waals surface area contributed by atoms with E-state index in [4.69, 9.17) is 14.2 Å². The Morgan fingerprint density at radius 2 is 1.07 bits per heavy atom. The van der Waals surface area contributed by atoms with Crippen molar-refractivity contribution in [2.24, 2.45) is 0 Å². The summed E-state index contributed by atoms with van der Waals surface area (Å²) in [5.74, 6) is 0.221. The standard InChI is InChI=1S/C18H24N2O7/c1-3-26-17-11(13(21)15(17)23)19-7-5-9-25-10-6-8-20-12-14(22)16(24)18(12)27-4-2/h19-20H,3-10H2,1-2H3. The van der Waals surface area contributed by atoms with E-state index < -0.39 is 21.7 Å². The zero-order valence-corrected chi connectivity index (χ0v) is 15.5. The second-order valence-electron chi connectivity index (χ2n) is 5.76. The summed E-state index contributed by atoms with van der Waals surface area (Å²) >= 11 is 0. The van der Waals surface area contributed by atoms with Gasteiger partial charge in [0.05, 0.1) is 13.2 Å². The zero-order chi connectivity index (χ0) is 19.8. The van der Waals surface area contributed by atoms with Crippen LogP contribution in [0.3, 0.4) is 0 Å². The molecule has 0 aromatic heterocycles. The molecule has 0 radical (unpaired) electrons. The van der Waals surface area contributed by atoms with Gasteiger partial charge in [-0.1, -0.05) is 0 Å². The monoisotopic (exact) mass is 380 g/mol. The van der Waals surface area contributed by atoms with Crippen LogP contribution in [0, 0.1) is 0 Å². The smallest absolute Gasteiger partial charge is 0.272 e. The third-order valence-corrected chi connectivity index (χ3v) is 3.84. The SMILES string of the molecule is CCOc1c(NCCCOCCCNc2c(OCC)c(=O)c2=O)c(=O)c1=O. The van der Waals surface area contributed by atoms with Crippen molar-refractivity contribution in [3.63, 3.8) is 0 Å². The molecule has 0 aliphatic heterocycles. The molecule has 0 bridgehead atoms. The van der Waals surface area contributed by atoms with Gasteiger partial charge in [0.1, 0.15) is 11.4 Å². The molecule has 0 amide bonds. The Morgan fingerprint density at radius 1 is 0.667 bits per heavy atom. The van der Waals surface area contributed by atoms with E-state index in [-0.39, 0.29) is 22.9 Å². The molecular weight excluding hydrogens is 356 g/mol. The molecule has 0 heterocycles. The van der Waals surface area contributed by atoms with E-state index in [1.807, 2.05) is 0 Å². The zero-order valence-electron chi connectivity index (χ0n) is 15.5. The third-order valence-electron chi connectivity index (χ3n) is 3.84. The molecule has 0 spiro atoms. The van der Waals surface area contributed by atoms with E-state index in [0.29, 0.717) is 52.4 Å². The molecule has 0 aliphatic rings. The highest BCUT2D eigenvalue weighted by Gasteiger charge is 2.22. The van der Waals surface area contributed by atoms with Gasteiger partial charge in [0, 0.05) is 26.3 Å². The predicted molar refractivity (Wildman–Crippen MR) is 102 cm³/mol. The minimum absolute atomic E-state index is 0.110. The van der Waals surface area contributed by atoms with Gasteiger partial charge in [-0.3, -0.25) is 19.2 Å². The Hall–Kier alpha value is -2.68. The van der Waals surface area contributed by atoms with Gasteiger partial charge in [-0.05, 0) is 26.7 Å². The lowest BCUT2D eigenvalue weighted by Crippen LogP contribution is -2.36. The van der Waals surface area contributed by atoms with E-state index in [9.17, 15) is 19.2 Å². The Morgan fingerprint density at radius 3 is 1.44 bits per heavy atom. The first kappa shape index (κ1) is 20.6. The summed E-state index contributed by atoms with van der Waals surface area (Å²) in [6.45, 7) is 6.10. The lowest BCUT2D eigenvalue weighted by molar-refractivity contribution is 0.133. The van der Waals surface area contributed by atoms with Gasteiger partial charge in [0.15, 0.2) is 11.5 Å². The second-order valence-corrected chi connectivity index (χ2v) is 5.76. The summed E-state index contributed by atoms with van der Waals surface area (Å²) in [6.07, 6.45) is 1.31. The van der Waals surface area contributed by atoms with Gasteiger partial charge in [0.25, 0.3) is 21.7 Å². The van der Waals surface area contributed by atoms with E-state index in [2.05, 4.69) is 10.6 Å². The average Bonchev–Trinajstić information content (AvgIpc) is 2.69. The molecule has 0 saturated heterocycles. The fourth-order valence-corrected chi connectivity index (χ4v) is 2.50. The van der Waals surface area contributed by atoms with Gasteiger partial charge in [-0.25, -0.2) is 0 Å². The second kappa shape index (κ2) is 9.86. The molecular formula is C18H24N2O7. The van der Waals surface area contributed by atoms with Crippen LogP contribution in [-0.2, 0) is 4.74 Å². The van der Waals surface area contributed by atoms with E-state index in [1.165, 1.54) is 0 Å². The summed E-state index contributed by atoms with van der Waals surface area (Å²) in [4.78, 5) is 45.5. The number of nitrogens with one attached hydrogen (secondary N) is 2. The van der Waals surface area contributed by atoms with Crippen molar-refractivity contribution in [1.82, 2.24) is 0 Å². The van der Waals surface area contributed by atoms with Gasteiger partial charge >= 0.3 is 0 Å². The Bertz CT molecular complexity index is 816. The van der Waals surface area contributed by atoms with Gasteiger partial charge in [-0.15, -0.1) is 0 Å². The normalized spacial score (nSPS) is 11.0. The molecule has 2 aromatic carbocycles. The number of rotatable bonds is 14. The lowest BCUT2D eigenvalue weighted by atomic mass is 10.2. The molecule has 2 aromatic rings. The van der Waals surface area contributed by atoms with Crippen molar-refractivity contribution in [2.45, 2.75) is 26.7 Å². The van der Waals surface area contributed by atoms with Gasteiger partial charge in [0.2, 0.25) is 0 Å². The fraction of sp³-hybridized carbons (Fsp3) is 0.556. The third kappa shape index (κ3) is 4.73. The number of hydrogen-bond donors (Lipinski definition) is 2. The Kier molecular flexibility index (Phi) is 7.54. The maximum Gasteiger partial charge on any atom is 0.272 e. The van der Waals surface area contributed by atoms with Crippen LogP contribution in [0.15, 0.2) is 19.2 Å². The topological polar surface area (TPSA) is 120 Å². The molecule has 0 saturated carbocycles. The van der Waals surface area contributed by atoms with Crippen LogP contribution in [0.25, 0.3) is 0 Å². The first-order chi connectivity index (χ1) is 13.0. The fourth-order valence-electron chi connectivity index (χ4n) is 2.50. The maximum absolute atomic E-state index is 11.4. The number of anilines is 2. The predicted octanol–water partition coefficient (Wildman–Crippen LogP) is -0.00320. The van der Waals surface area contributed by atoms with Crippen LogP contribution in [0.1, 0.15) is 26.7 Å². The van der Waals surface area contributed by atoms with Crippen LogP contribution >= 0.6 is 0 Å². The number of hydrogen-bond acceptors (Lipinski definition) is 9. The Balaban J connectivity index is 1.55. The van der Waals surface area contributed by atoms with Crippen LogP contribution in [0.2, 0.25) is 0 Å². The quantitative estimate of drug-likeness (QED) is 0.344. The summed E-state index contributed by atoms with van der Waals surface area (Å²) in [6, 6.07) is 0. The van der Waals surface area contributed by atoms with E-state index in [1.54, 1.807) is 13.8 Å². The average molecular weight is 380 g/mol. The van der Waals surface area contributed by atoms with E-state index in [0.717, 1.165) is 0 Å². The van der Waals surface area contributed by atoms with Crippen LogP contribution in [0.4, 0.5) is 11.4 Å². The van der Waals surface area contributed by atoms with Crippen molar-refractivity contribution in [3.05, 3.63) is 40.9 Å². The molecule has 27 heavy (non-hydrogen) atoms. The van der Waals surface area contributed by atoms with Crippen molar-refractivity contribution in [3.8, 4) is 11.5 Å². The molecule has 9 nitrogen and oxygen atoms in total. The highest BCUT2D eigenvalue weighted by Crippen LogP contribution is 2.17. The van der Waals surface area contributed by atoms with E-state index >= 15 is 0 Å². The highest BCUT2D eigenvalue weighted by atomic mass is 16.5. The van der Waals surface area contributed by atoms with Gasteiger partial charge in [-0.2, -0.15) is 0 Å². The first-order valence-corrected chi connectivity index (χ1v) is 9.00. The van der Waals surface area contributed by atoms with Crippen molar-refractivity contribution < 1.29 is 14.2 Å². The number of ether oxygens (including phenoxy) is 3. The lowest BCUT2D eigenvalue weighted by Gasteiger charge is -2.13. The molecule has 2 N–H and O–H groups in total. The minimum Gasteiger partial charge on any atom is -0.488 e. The van der Waals surface area contributed by atoms with Crippen molar-refractivity contribution in [1.29, 1.82) is 0 Å². The largest absolute Gasteiger partial charge is 0.488 e. The summed E-state index contributed by atoms with van der Waals surface area (Å²) in [5.41, 5.74) is -1.78. The van der Waals surface area contributed by atoms with Crippen molar-refractivity contribution in [2.75, 3.05) is 50.2 Å². The first-order valence-electron chi connectivity index (χ1n) is 9.00. The molecule has 148 valence electrons. The maximum atomic E-state index is 11.4. The van der Waals surface area contributed by atoms with Crippen molar-refractivity contribution >= 4 is 11.4 Å². The summed E-state index contributed by atoms with van der Waals surface area (Å²) in [7, 11) is 0. The molecule has 2 rings (SSSR count). The highest BCUT2D eigenvalue weighted by molar-refractivity contribution is 5.62.